The van der Waals surface area contributed by atoms with Crippen LogP contribution in [-0.2, 0) is 4.79 Å². The smallest absolute Gasteiger partial charge is 0.222 e. The van der Waals surface area contributed by atoms with E-state index in [1.807, 2.05) is 17.2 Å². The molecule has 3 aromatic heterocycles. The number of hydrogen-bond donors (Lipinski definition) is 1. The molecule has 1 fully saturated rings. The zero-order valence-corrected chi connectivity index (χ0v) is 14.7. The fourth-order valence-corrected chi connectivity index (χ4v) is 3.80. The van der Waals surface area contributed by atoms with Crippen LogP contribution in [0, 0.1) is 5.92 Å². The lowest BCUT2D eigenvalue weighted by Crippen LogP contribution is -2.39. The molecule has 4 heterocycles. The number of fused-ring (bicyclic) bond motifs is 3. The number of pyridine rings is 1. The van der Waals surface area contributed by atoms with Crippen molar-refractivity contribution in [1.29, 1.82) is 0 Å². The number of aromatic amines is 1. The van der Waals surface area contributed by atoms with Gasteiger partial charge >= 0.3 is 0 Å². The number of piperidine rings is 1. The average molecular weight is 337 g/mol. The first-order valence-electron chi connectivity index (χ1n) is 8.98. The molecule has 4 rings (SSSR count). The Morgan fingerprint density at radius 2 is 2.24 bits per heavy atom. The molecule has 1 unspecified atom stereocenters. The molecule has 6 heteroatoms. The summed E-state index contributed by atoms with van der Waals surface area (Å²) in [7, 11) is 0. The predicted molar refractivity (Wildman–Crippen MR) is 97.2 cm³/mol. The Balaban J connectivity index is 1.71. The highest BCUT2D eigenvalue weighted by Crippen LogP contribution is 2.33. The van der Waals surface area contributed by atoms with E-state index in [9.17, 15) is 4.79 Å². The number of nitrogens with one attached hydrogen (secondary N) is 1. The van der Waals surface area contributed by atoms with Gasteiger partial charge in [-0.2, -0.15) is 0 Å². The Hall–Kier alpha value is -2.50. The van der Waals surface area contributed by atoms with Crippen LogP contribution < -0.4 is 0 Å². The number of H-pyrrole nitrogens is 1. The number of likely N-dealkylation sites (tertiary alicyclic amines) is 1. The van der Waals surface area contributed by atoms with Crippen LogP contribution >= 0.6 is 0 Å². The molecule has 0 bridgehead atoms. The molecule has 0 aromatic carbocycles. The summed E-state index contributed by atoms with van der Waals surface area (Å²) in [6.45, 7) is 5.78. The van der Waals surface area contributed by atoms with E-state index in [2.05, 4.69) is 33.8 Å². The third-order valence-corrected chi connectivity index (χ3v) is 4.96. The molecule has 1 aliphatic heterocycles. The minimum absolute atomic E-state index is 0.246. The Labute approximate surface area is 146 Å². The Bertz CT molecular complexity index is 916. The lowest BCUT2D eigenvalue weighted by molar-refractivity contribution is -0.133. The van der Waals surface area contributed by atoms with E-state index in [1.54, 1.807) is 12.5 Å². The van der Waals surface area contributed by atoms with E-state index >= 15 is 0 Å². The highest BCUT2D eigenvalue weighted by Gasteiger charge is 2.27. The summed E-state index contributed by atoms with van der Waals surface area (Å²) in [4.78, 5) is 31.1. The second-order valence-corrected chi connectivity index (χ2v) is 7.29. The van der Waals surface area contributed by atoms with E-state index in [0.29, 0.717) is 12.3 Å². The van der Waals surface area contributed by atoms with Gasteiger partial charge in [-0.3, -0.25) is 4.79 Å². The van der Waals surface area contributed by atoms with E-state index in [1.165, 1.54) is 0 Å². The minimum atomic E-state index is 0.246. The van der Waals surface area contributed by atoms with Gasteiger partial charge in [0.05, 0.1) is 17.4 Å². The van der Waals surface area contributed by atoms with Crippen LogP contribution in [0.1, 0.15) is 44.7 Å². The number of hydrogen-bond acceptors (Lipinski definition) is 4. The lowest BCUT2D eigenvalue weighted by atomic mass is 9.91. The van der Waals surface area contributed by atoms with E-state index < -0.39 is 0 Å². The molecule has 1 saturated heterocycles. The summed E-state index contributed by atoms with van der Waals surface area (Å²) in [5, 5.41) is 2.12. The van der Waals surface area contributed by atoms with Crippen molar-refractivity contribution in [1.82, 2.24) is 24.8 Å². The monoisotopic (exact) mass is 337 g/mol. The molecule has 0 radical (unpaired) electrons. The van der Waals surface area contributed by atoms with Gasteiger partial charge in [-0.1, -0.05) is 13.8 Å². The van der Waals surface area contributed by atoms with Crippen LogP contribution in [0.4, 0.5) is 0 Å². The van der Waals surface area contributed by atoms with E-state index in [-0.39, 0.29) is 11.8 Å². The van der Waals surface area contributed by atoms with Crippen LogP contribution in [0.15, 0.2) is 24.8 Å². The number of carbonyl (C=O) groups excluding carboxylic acids is 1. The molecule has 1 aliphatic rings. The first kappa shape index (κ1) is 16.0. The number of carbonyl (C=O) groups is 1. The van der Waals surface area contributed by atoms with Gasteiger partial charge in [-0.25, -0.2) is 15.0 Å². The van der Waals surface area contributed by atoms with Crippen molar-refractivity contribution in [3.63, 3.8) is 0 Å². The summed E-state index contributed by atoms with van der Waals surface area (Å²) in [5.41, 5.74) is 2.76. The van der Waals surface area contributed by atoms with Crippen molar-refractivity contribution in [3.05, 3.63) is 30.5 Å². The summed E-state index contributed by atoms with van der Waals surface area (Å²) in [6, 6.07) is 2.03. The third-order valence-electron chi connectivity index (χ3n) is 4.96. The minimum Gasteiger partial charge on any atom is -0.346 e. The average Bonchev–Trinajstić information content (AvgIpc) is 3.09. The van der Waals surface area contributed by atoms with Crippen molar-refractivity contribution in [2.45, 2.75) is 39.0 Å². The van der Waals surface area contributed by atoms with Gasteiger partial charge in [0, 0.05) is 42.4 Å². The molecular formula is C19H23N5O. The van der Waals surface area contributed by atoms with Gasteiger partial charge in [0.2, 0.25) is 5.91 Å². The number of nitrogens with zero attached hydrogens (tertiary/aromatic N) is 4. The highest BCUT2D eigenvalue weighted by atomic mass is 16.2. The second kappa shape index (κ2) is 6.43. The molecule has 1 amide bonds. The van der Waals surface area contributed by atoms with Crippen molar-refractivity contribution in [3.8, 4) is 0 Å². The standard InChI is InChI=1S/C19H23N5O/c1-12(2)8-16(25)24-7-3-4-13(10-24)18-17-14-5-6-20-19(14)21-9-15(17)22-11-23-18/h5-6,9,11-13H,3-4,7-8,10H2,1-2H3,(H,20,21). The Kier molecular flexibility index (Phi) is 4.11. The first-order chi connectivity index (χ1) is 12.1. The number of amides is 1. The molecule has 3 aromatic rings. The largest absolute Gasteiger partial charge is 0.346 e. The van der Waals surface area contributed by atoms with Gasteiger partial charge < -0.3 is 9.88 Å². The number of aromatic nitrogens is 4. The van der Waals surface area contributed by atoms with Crippen LogP contribution in [0.25, 0.3) is 21.9 Å². The van der Waals surface area contributed by atoms with Crippen LogP contribution in [0.5, 0.6) is 0 Å². The second-order valence-electron chi connectivity index (χ2n) is 7.29. The Morgan fingerprint density at radius 1 is 1.36 bits per heavy atom. The summed E-state index contributed by atoms with van der Waals surface area (Å²) < 4.78 is 0. The Morgan fingerprint density at radius 3 is 3.08 bits per heavy atom. The van der Waals surface area contributed by atoms with Crippen LogP contribution in [-0.4, -0.2) is 43.8 Å². The van der Waals surface area contributed by atoms with Crippen LogP contribution in [0.3, 0.4) is 0 Å². The zero-order chi connectivity index (χ0) is 17.4. The van der Waals surface area contributed by atoms with Crippen molar-refractivity contribution < 1.29 is 4.79 Å². The normalized spacial score (nSPS) is 18.4. The van der Waals surface area contributed by atoms with Gasteiger partial charge in [0.1, 0.15) is 12.0 Å². The maximum absolute atomic E-state index is 12.5. The van der Waals surface area contributed by atoms with Gasteiger partial charge in [0.25, 0.3) is 0 Å². The fraction of sp³-hybridized carbons (Fsp3) is 0.474. The van der Waals surface area contributed by atoms with Gasteiger partial charge in [-0.15, -0.1) is 0 Å². The first-order valence-corrected chi connectivity index (χ1v) is 8.98. The fourth-order valence-electron chi connectivity index (χ4n) is 3.80. The molecule has 130 valence electrons. The summed E-state index contributed by atoms with van der Waals surface area (Å²) in [5.74, 6) is 0.890. The molecular weight excluding hydrogens is 314 g/mol. The van der Waals surface area contributed by atoms with Gasteiger partial charge in [-0.05, 0) is 24.8 Å². The zero-order valence-electron chi connectivity index (χ0n) is 14.7. The summed E-state index contributed by atoms with van der Waals surface area (Å²) >= 11 is 0. The van der Waals surface area contributed by atoms with E-state index in [0.717, 1.165) is 53.6 Å². The number of rotatable bonds is 3. The molecule has 25 heavy (non-hydrogen) atoms. The topological polar surface area (TPSA) is 74.8 Å². The molecule has 1 atom stereocenters. The molecule has 1 N–H and O–H groups in total. The quantitative estimate of drug-likeness (QED) is 0.796. The van der Waals surface area contributed by atoms with Crippen molar-refractivity contribution in [2.24, 2.45) is 5.92 Å². The predicted octanol–water partition coefficient (Wildman–Crippen LogP) is 3.26. The SMILES string of the molecule is CC(C)CC(=O)N1CCCC(c2ncnc3cnc4[nH]ccc4c23)C1. The molecule has 0 saturated carbocycles. The highest BCUT2D eigenvalue weighted by molar-refractivity contribution is 6.04. The lowest BCUT2D eigenvalue weighted by Gasteiger charge is -2.33. The summed E-state index contributed by atoms with van der Waals surface area (Å²) in [6.07, 6.45) is 7.99. The third kappa shape index (κ3) is 2.97. The molecule has 0 aliphatic carbocycles. The molecule has 0 spiro atoms. The van der Waals surface area contributed by atoms with Crippen LogP contribution in [0.2, 0.25) is 0 Å². The van der Waals surface area contributed by atoms with Gasteiger partial charge in [0.15, 0.2) is 0 Å². The van der Waals surface area contributed by atoms with Crippen molar-refractivity contribution >= 4 is 27.8 Å². The van der Waals surface area contributed by atoms with Crippen molar-refractivity contribution in [2.75, 3.05) is 13.1 Å². The maximum atomic E-state index is 12.5. The van der Waals surface area contributed by atoms with E-state index in [4.69, 9.17) is 0 Å². The maximum Gasteiger partial charge on any atom is 0.222 e. The molecule has 6 nitrogen and oxygen atoms in total.